The lowest BCUT2D eigenvalue weighted by Crippen LogP contribution is -2.58. The molecule has 0 aliphatic rings. The van der Waals surface area contributed by atoms with Crippen molar-refractivity contribution in [3.63, 3.8) is 0 Å². The van der Waals surface area contributed by atoms with Crippen molar-refractivity contribution < 1.29 is 19.8 Å². The second-order valence-electron chi connectivity index (χ2n) is 22.4. The van der Waals surface area contributed by atoms with E-state index in [-0.39, 0.29) is 38.5 Å². The highest BCUT2D eigenvalue weighted by molar-refractivity contribution is 6.06. The summed E-state index contributed by atoms with van der Waals surface area (Å²) in [6, 6.07) is 84.0. The van der Waals surface area contributed by atoms with Crippen LogP contribution in [0.3, 0.4) is 0 Å². The normalized spacial score (nSPS) is 13.0. The van der Waals surface area contributed by atoms with Gasteiger partial charge >= 0.3 is 0 Å². The molecule has 2 atom stereocenters. The molecule has 0 heterocycles. The van der Waals surface area contributed by atoms with Gasteiger partial charge in [0.25, 0.3) is 0 Å². The fourth-order valence-electron chi connectivity index (χ4n) is 12.9. The molecule has 6 nitrogen and oxygen atoms in total. The van der Waals surface area contributed by atoms with Crippen LogP contribution in [0.1, 0.15) is 72.2 Å². The van der Waals surface area contributed by atoms with E-state index in [1.807, 2.05) is 147 Å². The lowest BCUT2D eigenvalue weighted by atomic mass is 9.74. The molecule has 6 heteroatoms. The molecule has 0 bridgehead atoms. The zero-order chi connectivity index (χ0) is 55.6. The van der Waals surface area contributed by atoms with E-state index >= 15 is 9.59 Å². The van der Waals surface area contributed by atoms with Crippen molar-refractivity contribution in [2.24, 2.45) is 5.41 Å². The maximum Gasteiger partial charge on any atom is 0.236 e. The monoisotopic (exact) mass is 1060 g/mol. The molecule has 12 rings (SSSR count). The van der Waals surface area contributed by atoms with Crippen LogP contribution in [0.2, 0.25) is 0 Å². The predicted molar refractivity (Wildman–Crippen MR) is 333 cm³/mol. The van der Waals surface area contributed by atoms with E-state index in [0.717, 1.165) is 98.0 Å². The number of carbonyl (C=O) groups is 2. The Labute approximate surface area is 473 Å². The molecule has 0 aliphatic carbocycles. The summed E-state index contributed by atoms with van der Waals surface area (Å²) in [4.78, 5) is 32.5. The van der Waals surface area contributed by atoms with Crippen LogP contribution < -0.4 is 10.6 Å². The first-order chi connectivity index (χ1) is 39.5. The minimum Gasteiger partial charge on any atom is -0.387 e. The molecule has 0 aliphatic heterocycles. The third kappa shape index (κ3) is 10.6. The van der Waals surface area contributed by atoms with Gasteiger partial charge in [0.15, 0.2) is 0 Å². The maximum absolute atomic E-state index is 16.3. The largest absolute Gasteiger partial charge is 0.387 e. The highest BCUT2D eigenvalue weighted by Gasteiger charge is 2.50. The smallest absolute Gasteiger partial charge is 0.236 e. The van der Waals surface area contributed by atoms with Crippen molar-refractivity contribution in [2.45, 2.75) is 75.7 Å². The van der Waals surface area contributed by atoms with E-state index < -0.39 is 40.5 Å². The fourth-order valence-corrected chi connectivity index (χ4v) is 12.9. The van der Waals surface area contributed by atoms with Gasteiger partial charge in [-0.1, -0.05) is 269 Å². The Morgan fingerprint density at radius 2 is 0.593 bits per heavy atom. The Morgan fingerprint density at radius 1 is 0.333 bits per heavy atom. The minimum atomic E-state index is -1.68. The minimum absolute atomic E-state index is 0.132. The molecule has 400 valence electrons. The van der Waals surface area contributed by atoms with Crippen molar-refractivity contribution >= 4 is 76.4 Å². The quantitative estimate of drug-likeness (QED) is 0.0644. The van der Waals surface area contributed by atoms with Gasteiger partial charge in [-0.05, 0) is 111 Å². The Balaban J connectivity index is 0.990. The molecule has 0 aromatic heterocycles. The molecule has 81 heavy (non-hydrogen) atoms. The Kier molecular flexibility index (Phi) is 14.5. The van der Waals surface area contributed by atoms with Crippen LogP contribution >= 0.6 is 0 Å². The van der Waals surface area contributed by atoms with Crippen molar-refractivity contribution in [1.29, 1.82) is 0 Å². The van der Waals surface area contributed by atoms with Crippen LogP contribution in [0.4, 0.5) is 0 Å². The van der Waals surface area contributed by atoms with Gasteiger partial charge in [0.05, 0.1) is 23.3 Å². The Bertz CT molecular complexity index is 3850. The van der Waals surface area contributed by atoms with Crippen LogP contribution in [-0.4, -0.2) is 33.2 Å². The maximum atomic E-state index is 16.3. The van der Waals surface area contributed by atoms with Crippen molar-refractivity contribution in [3.8, 4) is 0 Å². The zero-order valence-electron chi connectivity index (χ0n) is 45.9. The molecule has 0 spiro atoms. The second-order valence-corrected chi connectivity index (χ2v) is 22.4. The summed E-state index contributed by atoms with van der Waals surface area (Å²) in [5.41, 5.74) is 0.109. The number of hydrogen-bond acceptors (Lipinski definition) is 4. The average Bonchev–Trinajstić information content (AvgIpc) is 3.52. The molecule has 4 N–H and O–H groups in total. The summed E-state index contributed by atoms with van der Waals surface area (Å²) >= 11 is 0. The van der Waals surface area contributed by atoms with Crippen molar-refractivity contribution in [1.82, 2.24) is 10.6 Å². The number of aliphatic hydroxyl groups is 2. The van der Waals surface area contributed by atoms with Gasteiger partial charge in [0.1, 0.15) is 5.41 Å². The number of carbonyl (C=O) groups excluding carboxylic acids is 2. The first-order valence-electron chi connectivity index (χ1n) is 28.4. The third-order valence-corrected chi connectivity index (χ3v) is 17.3. The summed E-state index contributed by atoms with van der Waals surface area (Å²) < 4.78 is 0. The van der Waals surface area contributed by atoms with Gasteiger partial charge in [-0.2, -0.15) is 0 Å². The van der Waals surface area contributed by atoms with E-state index in [4.69, 9.17) is 0 Å². The molecule has 2 amide bonds. The first kappa shape index (κ1) is 52.7. The lowest BCUT2D eigenvalue weighted by molar-refractivity contribution is -0.148. The molecule has 12 aromatic rings. The number of nitrogens with one attached hydrogen (secondary N) is 2. The summed E-state index contributed by atoms with van der Waals surface area (Å²) in [7, 11) is 0. The predicted octanol–water partition coefficient (Wildman–Crippen LogP) is 15.9. The first-order valence-corrected chi connectivity index (χ1v) is 28.4. The topological polar surface area (TPSA) is 98.7 Å². The van der Waals surface area contributed by atoms with Crippen LogP contribution in [0.15, 0.2) is 255 Å². The lowest BCUT2D eigenvalue weighted by Gasteiger charge is -2.42. The third-order valence-electron chi connectivity index (χ3n) is 17.3. The van der Waals surface area contributed by atoms with E-state index in [2.05, 4.69) is 132 Å². The number of rotatable bonds is 18. The van der Waals surface area contributed by atoms with E-state index in [0.29, 0.717) is 0 Å². The molecule has 0 saturated heterocycles. The summed E-state index contributed by atoms with van der Waals surface area (Å²) in [5.74, 6) is -1.02. The van der Waals surface area contributed by atoms with Gasteiger partial charge in [-0.25, -0.2) is 0 Å². The van der Waals surface area contributed by atoms with Crippen molar-refractivity contribution in [3.05, 3.63) is 288 Å². The Morgan fingerprint density at radius 3 is 0.889 bits per heavy atom. The van der Waals surface area contributed by atoms with Crippen LogP contribution in [0, 0.1) is 5.41 Å². The summed E-state index contributed by atoms with van der Waals surface area (Å²) in [6.45, 7) is 3.77. The second kappa shape index (κ2) is 22.3. The van der Waals surface area contributed by atoms with Crippen LogP contribution in [-0.2, 0) is 35.3 Å². The van der Waals surface area contributed by atoms with E-state index in [1.54, 1.807) is 0 Å². The highest BCUT2D eigenvalue weighted by atomic mass is 16.3. The molecular weight excluding hydrogens is 993 g/mol. The van der Waals surface area contributed by atoms with E-state index in [1.165, 1.54) is 0 Å². The van der Waals surface area contributed by atoms with Gasteiger partial charge in [0, 0.05) is 25.7 Å². The highest BCUT2D eigenvalue weighted by Crippen LogP contribution is 2.42. The molecule has 0 saturated carbocycles. The van der Waals surface area contributed by atoms with Gasteiger partial charge < -0.3 is 20.8 Å². The van der Waals surface area contributed by atoms with Gasteiger partial charge in [-0.15, -0.1) is 0 Å². The van der Waals surface area contributed by atoms with Crippen molar-refractivity contribution in [2.75, 3.05) is 0 Å². The van der Waals surface area contributed by atoms with E-state index in [9.17, 15) is 10.2 Å². The number of benzene rings is 12. The standard InChI is InChI=1S/C75H66N2O4/c1-3-73(4-2,71(78)76-69(67-33-17-29-59-23-13-15-31-65(59)67)74(80,47-51-35-39-55-19-5-9-25-61(55)43-51)48-52-36-40-56-20-6-10-26-62(56)44-52)72(79)77-70(68-34-18-30-60-24-14-16-32-66(60)68)75(81,49-53-37-41-57-21-7-11-27-63(57)45-53)50-54-38-42-58-22-8-12-28-64(58)46-54/h5-46,69-70,80-81H,3-4,47-50H2,1-2H3,(H,76,78)(H,77,79)/t69-,70-/m0/s1. The van der Waals surface area contributed by atoms with Gasteiger partial charge in [-0.3, -0.25) is 9.59 Å². The molecule has 0 fully saturated rings. The molecular formula is C75H66N2O4. The number of hydrogen-bond donors (Lipinski definition) is 4. The molecule has 0 unspecified atom stereocenters. The number of fused-ring (bicyclic) bond motifs is 6. The summed E-state index contributed by atoms with van der Waals surface area (Å²) in [6.07, 6.45) is 0.971. The SMILES string of the molecule is CCC(CC)(C(=O)N[C@@H](c1cccc2ccccc12)C(O)(Cc1ccc2ccccc2c1)Cc1ccc2ccccc2c1)C(=O)N[C@@H](c1cccc2ccccc12)C(O)(Cc1ccc2ccccc2c1)Cc1ccc2ccccc2c1. The zero-order valence-corrected chi connectivity index (χ0v) is 45.9. The molecule has 12 aromatic carbocycles. The summed E-state index contributed by atoms with van der Waals surface area (Å²) in [5, 5.41) is 47.4. The van der Waals surface area contributed by atoms with Gasteiger partial charge in [0.2, 0.25) is 11.8 Å². The van der Waals surface area contributed by atoms with Crippen LogP contribution in [0.25, 0.3) is 64.6 Å². The number of amides is 2. The molecule has 0 radical (unpaired) electrons. The fraction of sp³-hybridized carbons (Fsp3) is 0.173. The average molecular weight is 1060 g/mol. The Hall–Kier alpha value is -8.94. The van der Waals surface area contributed by atoms with Crippen LogP contribution in [0.5, 0.6) is 0 Å².